The molecule has 1 unspecified atom stereocenters. The number of rotatable bonds is 2. The summed E-state index contributed by atoms with van der Waals surface area (Å²) in [6, 6.07) is 5.32. The van der Waals surface area contributed by atoms with Gasteiger partial charge < -0.3 is 10.2 Å². The Bertz CT molecular complexity index is 729. The van der Waals surface area contributed by atoms with Crippen LogP contribution in [0.2, 0.25) is 0 Å². The summed E-state index contributed by atoms with van der Waals surface area (Å²) < 4.78 is 22.7. The number of nitrogens with one attached hydrogen (secondary N) is 1. The number of anilines is 2. The minimum absolute atomic E-state index is 0.0460. The largest absolute Gasteiger partial charge is 0.326 e. The smallest absolute Gasteiger partial charge is 0.228 e. The Kier molecular flexibility index (Phi) is 3.22. The number of aryl methyl sites for hydroxylation is 1. The minimum Gasteiger partial charge on any atom is -0.326 e. The van der Waals surface area contributed by atoms with E-state index in [1.807, 2.05) is 6.07 Å². The average Bonchev–Trinajstić information content (AvgIpc) is 2.80. The summed E-state index contributed by atoms with van der Waals surface area (Å²) in [5, 5.41) is 6.99. The standard InChI is InChI=1S/C13H15N3O4S/c14-21(19,20)10-6-13(18)16(7-10)9-3-1-8-2-4-12(17)15-11(8)5-9/h1,3,5,10H,2,4,6-7H2,(H,15,17)(H2,14,19,20). The Hall–Kier alpha value is -1.93. The molecule has 0 saturated carbocycles. The van der Waals surface area contributed by atoms with E-state index in [-0.39, 0.29) is 24.8 Å². The molecule has 1 aromatic carbocycles. The molecule has 1 saturated heterocycles. The van der Waals surface area contributed by atoms with Crippen LogP contribution in [0.15, 0.2) is 18.2 Å². The third-order valence-electron chi connectivity index (χ3n) is 3.85. The number of carbonyl (C=O) groups is 2. The van der Waals surface area contributed by atoms with Gasteiger partial charge in [-0.1, -0.05) is 6.07 Å². The van der Waals surface area contributed by atoms with Crippen molar-refractivity contribution >= 4 is 33.2 Å². The zero-order valence-corrected chi connectivity index (χ0v) is 12.0. The molecule has 21 heavy (non-hydrogen) atoms. The number of carbonyl (C=O) groups excluding carboxylic acids is 2. The molecule has 112 valence electrons. The Morgan fingerprint density at radius 3 is 2.67 bits per heavy atom. The normalized spacial score (nSPS) is 22.1. The third-order valence-corrected chi connectivity index (χ3v) is 5.10. The lowest BCUT2D eigenvalue weighted by atomic mass is 10.0. The molecule has 0 aliphatic carbocycles. The molecule has 0 bridgehead atoms. The van der Waals surface area contributed by atoms with Crippen molar-refractivity contribution in [2.45, 2.75) is 24.5 Å². The van der Waals surface area contributed by atoms with Gasteiger partial charge in [0.15, 0.2) is 0 Å². The van der Waals surface area contributed by atoms with Crippen LogP contribution in [-0.4, -0.2) is 32.0 Å². The lowest BCUT2D eigenvalue weighted by Crippen LogP contribution is -2.32. The molecule has 0 aromatic heterocycles. The SMILES string of the molecule is NS(=O)(=O)C1CC(=O)N(c2ccc3c(c2)NC(=O)CC3)C1. The van der Waals surface area contributed by atoms with E-state index in [2.05, 4.69) is 5.32 Å². The number of amides is 2. The summed E-state index contributed by atoms with van der Waals surface area (Å²) in [5.74, 6) is -0.342. The number of nitrogens with zero attached hydrogens (tertiary/aromatic N) is 1. The molecule has 3 N–H and O–H groups in total. The maximum atomic E-state index is 12.0. The van der Waals surface area contributed by atoms with E-state index < -0.39 is 15.3 Å². The first-order valence-corrected chi connectivity index (χ1v) is 8.20. The highest BCUT2D eigenvalue weighted by Gasteiger charge is 2.37. The summed E-state index contributed by atoms with van der Waals surface area (Å²) >= 11 is 0. The Balaban J connectivity index is 1.90. The van der Waals surface area contributed by atoms with E-state index in [1.54, 1.807) is 12.1 Å². The van der Waals surface area contributed by atoms with Gasteiger partial charge in [0.1, 0.15) is 5.25 Å². The molecule has 2 amide bonds. The number of benzene rings is 1. The van der Waals surface area contributed by atoms with Gasteiger partial charge in [0.25, 0.3) is 0 Å². The van der Waals surface area contributed by atoms with Gasteiger partial charge in [-0.25, -0.2) is 13.6 Å². The maximum absolute atomic E-state index is 12.0. The molecule has 8 heteroatoms. The Morgan fingerprint density at radius 1 is 1.24 bits per heavy atom. The summed E-state index contributed by atoms with van der Waals surface area (Å²) in [5.41, 5.74) is 2.26. The monoisotopic (exact) mass is 309 g/mol. The molecule has 7 nitrogen and oxygen atoms in total. The molecular formula is C13H15N3O4S. The lowest BCUT2D eigenvalue weighted by Gasteiger charge is -2.21. The zero-order valence-electron chi connectivity index (χ0n) is 11.2. The molecule has 2 aliphatic rings. The second-order valence-corrected chi connectivity index (χ2v) is 7.15. The fraction of sp³-hybridized carbons (Fsp3) is 0.385. The molecular weight excluding hydrogens is 294 g/mol. The fourth-order valence-electron chi connectivity index (χ4n) is 2.67. The van der Waals surface area contributed by atoms with Crippen LogP contribution in [-0.2, 0) is 26.0 Å². The Morgan fingerprint density at radius 2 is 2.00 bits per heavy atom. The highest BCUT2D eigenvalue weighted by atomic mass is 32.2. The van der Waals surface area contributed by atoms with Crippen molar-refractivity contribution in [3.8, 4) is 0 Å². The summed E-state index contributed by atoms with van der Waals surface area (Å²) in [6.07, 6.45) is 1.000. The third kappa shape index (κ3) is 2.64. The van der Waals surface area contributed by atoms with Crippen molar-refractivity contribution in [3.63, 3.8) is 0 Å². The van der Waals surface area contributed by atoms with Crippen LogP contribution in [0.4, 0.5) is 11.4 Å². The highest BCUT2D eigenvalue weighted by molar-refractivity contribution is 7.89. The molecule has 0 radical (unpaired) electrons. The van der Waals surface area contributed by atoms with Crippen LogP contribution in [0.25, 0.3) is 0 Å². The fourth-order valence-corrected chi connectivity index (χ4v) is 3.40. The maximum Gasteiger partial charge on any atom is 0.228 e. The van der Waals surface area contributed by atoms with Gasteiger partial charge in [0, 0.05) is 30.8 Å². The van der Waals surface area contributed by atoms with Gasteiger partial charge in [-0.2, -0.15) is 0 Å². The van der Waals surface area contributed by atoms with E-state index >= 15 is 0 Å². The number of nitrogens with two attached hydrogens (primary N) is 1. The first-order chi connectivity index (χ1) is 9.84. The van der Waals surface area contributed by atoms with E-state index in [1.165, 1.54) is 4.90 Å². The van der Waals surface area contributed by atoms with Crippen LogP contribution in [0.3, 0.4) is 0 Å². The second kappa shape index (κ2) is 4.81. The molecule has 2 aliphatic heterocycles. The molecule has 1 atom stereocenters. The van der Waals surface area contributed by atoms with Crippen molar-refractivity contribution < 1.29 is 18.0 Å². The molecule has 1 aromatic rings. The summed E-state index contributed by atoms with van der Waals surface area (Å²) in [7, 11) is -3.73. The van der Waals surface area contributed by atoms with Gasteiger partial charge >= 0.3 is 0 Å². The second-order valence-electron chi connectivity index (χ2n) is 5.31. The quantitative estimate of drug-likeness (QED) is 0.799. The minimum atomic E-state index is -3.73. The highest BCUT2D eigenvalue weighted by Crippen LogP contribution is 2.30. The van der Waals surface area contributed by atoms with Gasteiger partial charge in [0.2, 0.25) is 21.8 Å². The lowest BCUT2D eigenvalue weighted by molar-refractivity contribution is -0.117. The van der Waals surface area contributed by atoms with Crippen LogP contribution in [0.5, 0.6) is 0 Å². The first kappa shape index (κ1) is 14.0. The van der Waals surface area contributed by atoms with Crippen molar-refractivity contribution in [1.29, 1.82) is 0 Å². The molecule has 2 heterocycles. The van der Waals surface area contributed by atoms with E-state index in [0.29, 0.717) is 24.2 Å². The van der Waals surface area contributed by atoms with Crippen LogP contribution in [0.1, 0.15) is 18.4 Å². The summed E-state index contributed by atoms with van der Waals surface area (Å²) in [4.78, 5) is 24.8. The predicted molar refractivity (Wildman–Crippen MR) is 77.3 cm³/mol. The van der Waals surface area contributed by atoms with E-state index in [4.69, 9.17) is 5.14 Å². The Labute approximate surface area is 122 Å². The van der Waals surface area contributed by atoms with Crippen LogP contribution < -0.4 is 15.4 Å². The predicted octanol–water partition coefficient (Wildman–Crippen LogP) is -0.0349. The van der Waals surface area contributed by atoms with Gasteiger partial charge in [-0.05, 0) is 24.1 Å². The van der Waals surface area contributed by atoms with Gasteiger partial charge in [-0.15, -0.1) is 0 Å². The van der Waals surface area contributed by atoms with Gasteiger partial charge in [0.05, 0.1) is 0 Å². The number of hydrogen-bond donors (Lipinski definition) is 2. The average molecular weight is 309 g/mol. The first-order valence-electron chi connectivity index (χ1n) is 6.59. The number of hydrogen-bond acceptors (Lipinski definition) is 4. The number of fused-ring (bicyclic) bond motifs is 1. The molecule has 1 fully saturated rings. The number of primary sulfonamides is 1. The van der Waals surface area contributed by atoms with Gasteiger partial charge in [-0.3, -0.25) is 9.59 Å². The van der Waals surface area contributed by atoms with Crippen LogP contribution in [0, 0.1) is 0 Å². The van der Waals surface area contributed by atoms with Crippen molar-refractivity contribution in [2.75, 3.05) is 16.8 Å². The van der Waals surface area contributed by atoms with E-state index in [9.17, 15) is 18.0 Å². The molecule has 3 rings (SSSR count). The zero-order chi connectivity index (χ0) is 15.2. The van der Waals surface area contributed by atoms with Crippen molar-refractivity contribution in [2.24, 2.45) is 5.14 Å². The summed E-state index contributed by atoms with van der Waals surface area (Å²) in [6.45, 7) is 0.0460. The number of sulfonamides is 1. The van der Waals surface area contributed by atoms with Crippen LogP contribution >= 0.6 is 0 Å². The van der Waals surface area contributed by atoms with Crippen molar-refractivity contribution in [3.05, 3.63) is 23.8 Å². The molecule has 0 spiro atoms. The topological polar surface area (TPSA) is 110 Å². The van der Waals surface area contributed by atoms with E-state index in [0.717, 1.165) is 5.56 Å². The van der Waals surface area contributed by atoms with Crippen molar-refractivity contribution in [1.82, 2.24) is 0 Å².